The molecule has 3 amide bonds. The summed E-state index contributed by atoms with van der Waals surface area (Å²) in [5.41, 5.74) is 5.87. The summed E-state index contributed by atoms with van der Waals surface area (Å²) < 4.78 is 0. The second-order valence-corrected chi connectivity index (χ2v) is 4.89. The Morgan fingerprint density at radius 3 is 2.36 bits per heavy atom. The van der Waals surface area contributed by atoms with E-state index in [1.165, 1.54) is 24.3 Å². The van der Waals surface area contributed by atoms with E-state index in [2.05, 4.69) is 0 Å². The number of nitrogens with zero attached hydrogens (tertiary/aromatic N) is 1. The molecular weight excluding hydrogens is 284 g/mol. The molecule has 0 saturated heterocycles. The van der Waals surface area contributed by atoms with E-state index in [0.29, 0.717) is 0 Å². The largest absolute Gasteiger partial charge is 0.506 e. The summed E-state index contributed by atoms with van der Waals surface area (Å²) in [6.07, 6.45) is 0. The van der Waals surface area contributed by atoms with Crippen LogP contribution in [0.5, 0.6) is 5.75 Å². The summed E-state index contributed by atoms with van der Waals surface area (Å²) in [6.45, 7) is 0. The lowest BCUT2D eigenvalue weighted by Gasteiger charge is -2.31. The summed E-state index contributed by atoms with van der Waals surface area (Å²) >= 11 is 0. The van der Waals surface area contributed by atoms with Gasteiger partial charge in [-0.05, 0) is 23.8 Å². The lowest BCUT2D eigenvalue weighted by molar-refractivity contribution is -0.128. The third-order valence-corrected chi connectivity index (χ3v) is 3.58. The topological polar surface area (TPSA) is 101 Å². The maximum atomic E-state index is 12.6. The van der Waals surface area contributed by atoms with Gasteiger partial charge in [0.15, 0.2) is 0 Å². The van der Waals surface area contributed by atoms with Crippen LogP contribution in [0.1, 0.15) is 21.8 Å². The average molecular weight is 296 g/mol. The van der Waals surface area contributed by atoms with E-state index in [0.717, 1.165) is 4.90 Å². The Hall–Kier alpha value is -3.15. The lowest BCUT2D eigenvalue weighted by atomic mass is 9.87. The number of hydrogen-bond acceptors (Lipinski definition) is 4. The Labute approximate surface area is 125 Å². The van der Waals surface area contributed by atoms with Gasteiger partial charge in [0.2, 0.25) is 5.91 Å². The number of anilines is 1. The summed E-state index contributed by atoms with van der Waals surface area (Å²) in [4.78, 5) is 37.7. The zero-order chi connectivity index (χ0) is 15.9. The number of phenols is 1. The van der Waals surface area contributed by atoms with Gasteiger partial charge in [0.25, 0.3) is 11.8 Å². The van der Waals surface area contributed by atoms with Gasteiger partial charge in [-0.2, -0.15) is 0 Å². The van der Waals surface area contributed by atoms with Gasteiger partial charge in [0.1, 0.15) is 11.7 Å². The normalized spacial score (nSPS) is 17.3. The van der Waals surface area contributed by atoms with Crippen molar-refractivity contribution in [2.45, 2.75) is 5.92 Å². The number of rotatable bonds is 2. The first-order valence-corrected chi connectivity index (χ1v) is 6.57. The van der Waals surface area contributed by atoms with Crippen LogP contribution in [0.25, 0.3) is 0 Å². The molecule has 1 aliphatic rings. The second kappa shape index (κ2) is 5.00. The molecule has 1 atom stereocenters. The number of amides is 3. The second-order valence-electron chi connectivity index (χ2n) is 4.89. The minimum Gasteiger partial charge on any atom is -0.506 e. The number of imide groups is 1. The predicted octanol–water partition coefficient (Wildman–Crippen LogP) is 1.15. The highest BCUT2D eigenvalue weighted by Gasteiger charge is 2.43. The molecule has 0 saturated carbocycles. The number of para-hydroxylation sites is 2. The van der Waals surface area contributed by atoms with Crippen LogP contribution in [0.15, 0.2) is 48.5 Å². The van der Waals surface area contributed by atoms with E-state index in [4.69, 9.17) is 5.73 Å². The maximum Gasteiger partial charge on any atom is 0.265 e. The van der Waals surface area contributed by atoms with Gasteiger partial charge in [-0.1, -0.05) is 30.3 Å². The third-order valence-electron chi connectivity index (χ3n) is 3.58. The molecule has 22 heavy (non-hydrogen) atoms. The molecule has 0 aliphatic carbocycles. The number of primary amides is 1. The van der Waals surface area contributed by atoms with Gasteiger partial charge in [-0.3, -0.25) is 14.4 Å². The highest BCUT2D eigenvalue weighted by molar-refractivity contribution is 6.30. The van der Waals surface area contributed by atoms with Crippen molar-refractivity contribution in [3.63, 3.8) is 0 Å². The van der Waals surface area contributed by atoms with Crippen molar-refractivity contribution in [2.75, 3.05) is 4.90 Å². The fourth-order valence-electron chi connectivity index (χ4n) is 2.58. The molecule has 0 fully saturated rings. The summed E-state index contributed by atoms with van der Waals surface area (Å²) in [5, 5.41) is 9.91. The highest BCUT2D eigenvalue weighted by atomic mass is 16.3. The Kier molecular flexibility index (Phi) is 3.14. The molecule has 6 nitrogen and oxygen atoms in total. The summed E-state index contributed by atoms with van der Waals surface area (Å²) in [6, 6.07) is 12.2. The van der Waals surface area contributed by atoms with E-state index >= 15 is 0 Å². The van der Waals surface area contributed by atoms with Crippen molar-refractivity contribution in [3.05, 3.63) is 59.7 Å². The van der Waals surface area contributed by atoms with Gasteiger partial charge in [0.05, 0.1) is 5.69 Å². The lowest BCUT2D eigenvalue weighted by Crippen LogP contribution is -2.48. The number of nitrogens with two attached hydrogens (primary N) is 1. The molecule has 0 aromatic heterocycles. The van der Waals surface area contributed by atoms with E-state index in [9.17, 15) is 19.5 Å². The third kappa shape index (κ3) is 1.93. The number of benzene rings is 2. The van der Waals surface area contributed by atoms with Gasteiger partial charge in [-0.25, -0.2) is 4.90 Å². The minimum atomic E-state index is -1.26. The number of hydrogen-bond donors (Lipinski definition) is 2. The van der Waals surface area contributed by atoms with Gasteiger partial charge in [0, 0.05) is 5.56 Å². The number of fused-ring (bicyclic) bond motifs is 1. The molecule has 1 aliphatic heterocycles. The monoisotopic (exact) mass is 296 g/mol. The van der Waals surface area contributed by atoms with E-state index < -0.39 is 23.6 Å². The van der Waals surface area contributed by atoms with Crippen molar-refractivity contribution in [1.29, 1.82) is 0 Å². The van der Waals surface area contributed by atoms with E-state index in [1.807, 2.05) is 0 Å². The van der Waals surface area contributed by atoms with Crippen LogP contribution in [-0.4, -0.2) is 22.8 Å². The Morgan fingerprint density at radius 2 is 1.68 bits per heavy atom. The van der Waals surface area contributed by atoms with Crippen LogP contribution in [0.4, 0.5) is 5.69 Å². The molecule has 3 N–H and O–H groups in total. The molecule has 0 radical (unpaired) electrons. The molecule has 0 bridgehead atoms. The van der Waals surface area contributed by atoms with Crippen molar-refractivity contribution >= 4 is 23.4 Å². The van der Waals surface area contributed by atoms with Crippen LogP contribution >= 0.6 is 0 Å². The first kappa shape index (κ1) is 13.8. The maximum absolute atomic E-state index is 12.6. The Morgan fingerprint density at radius 1 is 1.05 bits per heavy atom. The summed E-state index contributed by atoms with van der Waals surface area (Å²) in [5.74, 6) is -3.69. The number of carbonyl (C=O) groups excluding carboxylic acids is 3. The zero-order valence-corrected chi connectivity index (χ0v) is 11.4. The molecule has 3 rings (SSSR count). The Bertz CT molecular complexity index is 800. The van der Waals surface area contributed by atoms with Crippen LogP contribution in [0, 0.1) is 0 Å². The van der Waals surface area contributed by atoms with Crippen LogP contribution in [0.3, 0.4) is 0 Å². The average Bonchev–Trinajstić information content (AvgIpc) is 2.49. The van der Waals surface area contributed by atoms with E-state index in [1.54, 1.807) is 24.3 Å². The number of carbonyl (C=O) groups is 3. The molecule has 1 unspecified atom stereocenters. The first-order chi connectivity index (χ1) is 10.5. The zero-order valence-electron chi connectivity index (χ0n) is 11.4. The molecule has 1 heterocycles. The van der Waals surface area contributed by atoms with Crippen LogP contribution < -0.4 is 10.6 Å². The van der Waals surface area contributed by atoms with Gasteiger partial charge >= 0.3 is 0 Å². The molecule has 6 heteroatoms. The summed E-state index contributed by atoms with van der Waals surface area (Å²) in [7, 11) is 0. The SMILES string of the molecule is NC(=O)C1C(=O)N(c2ccccc2O)C(=O)c2ccccc21. The van der Waals surface area contributed by atoms with Crippen molar-refractivity contribution in [2.24, 2.45) is 5.73 Å². The fourth-order valence-corrected chi connectivity index (χ4v) is 2.58. The van der Waals surface area contributed by atoms with E-state index in [-0.39, 0.29) is 22.6 Å². The van der Waals surface area contributed by atoms with Gasteiger partial charge in [-0.15, -0.1) is 0 Å². The molecule has 2 aromatic rings. The number of aromatic hydroxyl groups is 1. The van der Waals surface area contributed by atoms with Gasteiger partial charge < -0.3 is 10.8 Å². The highest BCUT2D eigenvalue weighted by Crippen LogP contribution is 2.36. The van der Waals surface area contributed by atoms with Crippen LogP contribution in [0.2, 0.25) is 0 Å². The first-order valence-electron chi connectivity index (χ1n) is 6.57. The molecule has 110 valence electrons. The van der Waals surface area contributed by atoms with Crippen molar-refractivity contribution < 1.29 is 19.5 Å². The predicted molar refractivity (Wildman–Crippen MR) is 78.3 cm³/mol. The minimum absolute atomic E-state index is 0.0262. The van der Waals surface area contributed by atoms with Crippen molar-refractivity contribution in [3.8, 4) is 5.75 Å². The molecule has 2 aromatic carbocycles. The quantitative estimate of drug-likeness (QED) is 0.641. The smallest absolute Gasteiger partial charge is 0.265 e. The molecule has 0 spiro atoms. The fraction of sp³-hybridized carbons (Fsp3) is 0.0625. The van der Waals surface area contributed by atoms with Crippen LogP contribution in [-0.2, 0) is 9.59 Å². The Balaban J connectivity index is 2.23. The molecular formula is C16H12N2O4. The van der Waals surface area contributed by atoms with Crippen molar-refractivity contribution in [1.82, 2.24) is 0 Å². The number of phenolic OH excluding ortho intramolecular Hbond substituents is 1. The standard InChI is InChI=1S/C16H12N2O4/c17-14(20)13-9-5-1-2-6-10(9)15(21)18(16(13)22)11-7-3-4-8-12(11)19/h1-8,13,19H,(H2,17,20).